The second-order valence-electron chi connectivity index (χ2n) is 5.07. The van der Waals surface area contributed by atoms with E-state index in [0.29, 0.717) is 0 Å². The van der Waals surface area contributed by atoms with Gasteiger partial charge >= 0.3 is 0 Å². The van der Waals surface area contributed by atoms with Gasteiger partial charge in [0.05, 0.1) is 6.04 Å². The lowest BCUT2D eigenvalue weighted by atomic mass is 9.85. The van der Waals surface area contributed by atoms with Crippen LogP contribution >= 0.6 is 23.7 Å². The van der Waals surface area contributed by atoms with E-state index in [0.717, 1.165) is 0 Å². The van der Waals surface area contributed by atoms with E-state index in [1.807, 2.05) is 0 Å². The van der Waals surface area contributed by atoms with E-state index in [1.54, 1.807) is 11.3 Å². The number of hydrogen-bond donors (Lipinski definition) is 1. The Morgan fingerprint density at radius 3 is 1.79 bits per heavy atom. The summed E-state index contributed by atoms with van der Waals surface area (Å²) in [6.45, 7) is 11.0. The quantitative estimate of drug-likeness (QED) is 0.849. The number of rotatable bonds is 2. The lowest BCUT2D eigenvalue weighted by Crippen LogP contribution is -2.16. The smallest absolute Gasteiger partial charge is 0.0565 e. The molecular weight excluding hydrogens is 274 g/mol. The normalized spacial score (nSPS) is 12.1. The summed E-state index contributed by atoms with van der Waals surface area (Å²) in [6.07, 6.45) is 0. The van der Waals surface area contributed by atoms with Crippen LogP contribution in [-0.2, 0) is 0 Å². The predicted octanol–water partition coefficient (Wildman–Crippen LogP) is 4.76. The number of halogens is 1. The minimum Gasteiger partial charge on any atom is -0.320 e. The van der Waals surface area contributed by atoms with Gasteiger partial charge in [-0.25, -0.2) is 0 Å². The fourth-order valence-corrected chi connectivity index (χ4v) is 3.31. The highest BCUT2D eigenvalue weighted by Crippen LogP contribution is 2.32. The van der Waals surface area contributed by atoms with Gasteiger partial charge < -0.3 is 5.73 Å². The van der Waals surface area contributed by atoms with Crippen molar-refractivity contribution >= 4 is 23.7 Å². The van der Waals surface area contributed by atoms with Crippen molar-refractivity contribution in [3.63, 3.8) is 0 Å². The molecule has 0 bridgehead atoms. The van der Waals surface area contributed by atoms with Crippen molar-refractivity contribution in [3.8, 4) is 0 Å². The molecule has 2 N–H and O–H groups in total. The Bertz CT molecular complexity index is 544. The van der Waals surface area contributed by atoms with Crippen LogP contribution in [0.5, 0.6) is 0 Å². The summed E-state index contributed by atoms with van der Waals surface area (Å²) in [4.78, 5) is 0. The second-order valence-corrected chi connectivity index (χ2v) is 5.85. The second kappa shape index (κ2) is 6.08. The summed E-state index contributed by atoms with van der Waals surface area (Å²) in [5.41, 5.74) is 15.8. The maximum atomic E-state index is 6.46. The molecule has 104 valence electrons. The summed E-state index contributed by atoms with van der Waals surface area (Å²) in [6, 6.07) is 2.12. The van der Waals surface area contributed by atoms with Gasteiger partial charge in [-0.3, -0.25) is 0 Å². The molecule has 0 radical (unpaired) electrons. The Hall–Kier alpha value is -0.830. The molecular formula is C16H22ClNS. The van der Waals surface area contributed by atoms with Crippen LogP contribution < -0.4 is 5.73 Å². The van der Waals surface area contributed by atoms with Crippen LogP contribution in [0.25, 0.3) is 0 Å². The molecule has 19 heavy (non-hydrogen) atoms. The van der Waals surface area contributed by atoms with Gasteiger partial charge in [-0.15, -0.1) is 12.4 Å². The highest BCUT2D eigenvalue weighted by molar-refractivity contribution is 7.08. The van der Waals surface area contributed by atoms with Crippen molar-refractivity contribution in [1.29, 1.82) is 0 Å². The average Bonchev–Trinajstić information content (AvgIpc) is 2.88. The zero-order valence-electron chi connectivity index (χ0n) is 12.2. The predicted molar refractivity (Wildman–Crippen MR) is 87.7 cm³/mol. The first-order valence-corrected chi connectivity index (χ1v) is 7.24. The van der Waals surface area contributed by atoms with Gasteiger partial charge in [0.15, 0.2) is 0 Å². The summed E-state index contributed by atoms with van der Waals surface area (Å²) < 4.78 is 0. The van der Waals surface area contributed by atoms with Crippen LogP contribution in [0.15, 0.2) is 16.8 Å². The molecule has 0 saturated carbocycles. The van der Waals surface area contributed by atoms with Crippen LogP contribution in [0.2, 0.25) is 0 Å². The van der Waals surface area contributed by atoms with Crippen molar-refractivity contribution in [2.45, 2.75) is 40.7 Å². The fourth-order valence-electron chi connectivity index (χ4n) is 2.61. The monoisotopic (exact) mass is 295 g/mol. The Morgan fingerprint density at radius 2 is 1.37 bits per heavy atom. The van der Waals surface area contributed by atoms with E-state index >= 15 is 0 Å². The van der Waals surface area contributed by atoms with Gasteiger partial charge in [0.2, 0.25) is 0 Å². The molecule has 1 aromatic heterocycles. The minimum atomic E-state index is -0.00532. The number of benzene rings is 1. The number of hydrogen-bond acceptors (Lipinski definition) is 2. The molecule has 1 nitrogen and oxygen atoms in total. The molecule has 0 fully saturated rings. The van der Waals surface area contributed by atoms with E-state index in [-0.39, 0.29) is 18.4 Å². The van der Waals surface area contributed by atoms with Crippen LogP contribution in [0, 0.1) is 34.6 Å². The lowest BCUT2D eigenvalue weighted by Gasteiger charge is -2.22. The third-order valence-corrected chi connectivity index (χ3v) is 4.97. The lowest BCUT2D eigenvalue weighted by molar-refractivity contribution is 0.847. The molecule has 0 aliphatic rings. The van der Waals surface area contributed by atoms with Gasteiger partial charge in [0.1, 0.15) is 0 Å². The van der Waals surface area contributed by atoms with Crippen molar-refractivity contribution < 1.29 is 0 Å². The topological polar surface area (TPSA) is 26.0 Å². The molecule has 3 heteroatoms. The average molecular weight is 296 g/mol. The molecule has 1 atom stereocenters. The highest BCUT2D eigenvalue weighted by Gasteiger charge is 2.18. The summed E-state index contributed by atoms with van der Waals surface area (Å²) >= 11 is 1.71. The van der Waals surface area contributed by atoms with Gasteiger partial charge in [0, 0.05) is 0 Å². The first kappa shape index (κ1) is 16.2. The van der Waals surface area contributed by atoms with Gasteiger partial charge in [-0.2, -0.15) is 11.3 Å². The molecule has 0 aliphatic heterocycles. The molecule has 1 heterocycles. The molecule has 0 saturated heterocycles. The van der Waals surface area contributed by atoms with Gasteiger partial charge in [0.25, 0.3) is 0 Å². The SMILES string of the molecule is Cc1c(C)c(C)c([C@@H](N)c2ccsc2)c(C)c1C.Cl. The molecule has 0 amide bonds. The third kappa shape index (κ3) is 2.71. The molecule has 0 unspecified atom stereocenters. The Balaban J connectivity index is 0.00000180. The summed E-state index contributed by atoms with van der Waals surface area (Å²) in [5.74, 6) is 0. The standard InChI is InChI=1S/C16H21NS.ClH/c1-9-10(2)12(4)15(13(5)11(9)3)16(17)14-6-7-18-8-14;/h6-8,16H,17H2,1-5H3;1H/t16-;/m0./s1. The molecule has 1 aromatic carbocycles. The first-order chi connectivity index (χ1) is 8.45. The number of thiophene rings is 1. The Morgan fingerprint density at radius 1 is 0.895 bits per heavy atom. The Labute approximate surface area is 126 Å². The van der Waals surface area contributed by atoms with Crippen LogP contribution in [0.3, 0.4) is 0 Å². The van der Waals surface area contributed by atoms with Crippen molar-refractivity contribution in [2.24, 2.45) is 5.73 Å². The van der Waals surface area contributed by atoms with Crippen molar-refractivity contribution in [3.05, 3.63) is 55.8 Å². The Kier molecular flexibility index (Phi) is 5.19. The van der Waals surface area contributed by atoms with Gasteiger partial charge in [-0.1, -0.05) is 0 Å². The van der Waals surface area contributed by atoms with E-state index < -0.39 is 0 Å². The maximum absolute atomic E-state index is 6.46. The van der Waals surface area contributed by atoms with E-state index in [1.165, 1.54) is 38.9 Å². The third-order valence-electron chi connectivity index (χ3n) is 4.27. The van der Waals surface area contributed by atoms with E-state index in [4.69, 9.17) is 5.73 Å². The van der Waals surface area contributed by atoms with Gasteiger partial charge in [-0.05, 0) is 90.4 Å². The molecule has 2 aromatic rings. The van der Waals surface area contributed by atoms with Crippen LogP contribution in [-0.4, -0.2) is 0 Å². The van der Waals surface area contributed by atoms with Crippen molar-refractivity contribution in [1.82, 2.24) is 0 Å². The van der Waals surface area contributed by atoms with E-state index in [2.05, 4.69) is 51.4 Å². The molecule has 2 rings (SSSR count). The zero-order valence-corrected chi connectivity index (χ0v) is 13.8. The maximum Gasteiger partial charge on any atom is 0.0565 e. The zero-order chi connectivity index (χ0) is 13.4. The summed E-state index contributed by atoms with van der Waals surface area (Å²) in [7, 11) is 0. The largest absolute Gasteiger partial charge is 0.320 e. The first-order valence-electron chi connectivity index (χ1n) is 6.29. The minimum absolute atomic E-state index is 0. The van der Waals surface area contributed by atoms with Crippen molar-refractivity contribution in [2.75, 3.05) is 0 Å². The highest BCUT2D eigenvalue weighted by atomic mass is 35.5. The van der Waals surface area contributed by atoms with Crippen LogP contribution in [0.4, 0.5) is 0 Å². The van der Waals surface area contributed by atoms with Crippen LogP contribution in [0.1, 0.15) is 45.0 Å². The fraction of sp³-hybridized carbons (Fsp3) is 0.375. The number of nitrogens with two attached hydrogens (primary N) is 1. The summed E-state index contributed by atoms with van der Waals surface area (Å²) in [5, 5.41) is 4.24. The molecule has 0 spiro atoms. The molecule has 0 aliphatic carbocycles. The van der Waals surface area contributed by atoms with E-state index in [9.17, 15) is 0 Å².